The topological polar surface area (TPSA) is 39.1 Å². The third kappa shape index (κ3) is 2.30. The van der Waals surface area contributed by atoms with Gasteiger partial charge in [-0.3, -0.25) is 4.68 Å². The maximum absolute atomic E-state index is 13.8. The molecule has 0 saturated heterocycles. The fourth-order valence-electron chi connectivity index (χ4n) is 1.79. The Labute approximate surface area is 105 Å². The van der Waals surface area contributed by atoms with Crippen molar-refractivity contribution in [3.8, 4) is 17.0 Å². The van der Waals surface area contributed by atoms with E-state index in [2.05, 4.69) is 10.4 Å². The van der Waals surface area contributed by atoms with Crippen molar-refractivity contribution in [1.82, 2.24) is 9.78 Å². The summed E-state index contributed by atoms with van der Waals surface area (Å²) in [5.41, 5.74) is 1.62. The Morgan fingerprint density at radius 1 is 1.39 bits per heavy atom. The zero-order chi connectivity index (χ0) is 13.1. The van der Waals surface area contributed by atoms with Gasteiger partial charge in [-0.05, 0) is 25.1 Å². The minimum absolute atomic E-state index is 0.275. The van der Waals surface area contributed by atoms with Crippen LogP contribution in [0.3, 0.4) is 0 Å². The number of halogens is 1. The van der Waals surface area contributed by atoms with Crippen molar-refractivity contribution in [2.75, 3.05) is 19.0 Å². The lowest BCUT2D eigenvalue weighted by Gasteiger charge is -2.06. The van der Waals surface area contributed by atoms with Crippen LogP contribution < -0.4 is 10.1 Å². The van der Waals surface area contributed by atoms with Gasteiger partial charge in [0.2, 0.25) is 0 Å². The third-order valence-corrected chi connectivity index (χ3v) is 2.66. The molecule has 2 aromatic rings. The molecule has 0 aliphatic carbocycles. The second-order valence-corrected chi connectivity index (χ2v) is 3.87. The Morgan fingerprint density at radius 3 is 2.72 bits per heavy atom. The second kappa shape index (κ2) is 5.08. The summed E-state index contributed by atoms with van der Waals surface area (Å²) in [5.74, 6) is 0.667. The number of rotatable bonds is 4. The molecule has 5 heteroatoms. The summed E-state index contributed by atoms with van der Waals surface area (Å²) in [6.45, 7) is 2.28. The molecule has 0 aliphatic rings. The molecule has 0 fully saturated rings. The minimum Gasteiger partial charge on any atom is -0.491 e. The molecular weight excluding hydrogens is 233 g/mol. The highest BCUT2D eigenvalue weighted by Gasteiger charge is 2.10. The highest BCUT2D eigenvalue weighted by molar-refractivity contribution is 5.64. The lowest BCUT2D eigenvalue weighted by molar-refractivity contribution is 0.321. The smallest absolute Gasteiger partial charge is 0.165 e. The number of aryl methyl sites for hydroxylation is 1. The number of anilines is 1. The standard InChI is InChI=1S/C13H16FN3O/c1-4-18-12-6-5-9(7-10(12)14)11-8-13(15-2)16-17(11)3/h5-8H,4H2,1-3H3,(H,15,16). The van der Waals surface area contributed by atoms with E-state index >= 15 is 0 Å². The number of benzene rings is 1. The van der Waals surface area contributed by atoms with Crippen LogP contribution in [-0.4, -0.2) is 23.4 Å². The van der Waals surface area contributed by atoms with Crippen LogP contribution in [0.1, 0.15) is 6.92 Å². The Morgan fingerprint density at radius 2 is 2.17 bits per heavy atom. The van der Waals surface area contributed by atoms with Crippen molar-refractivity contribution < 1.29 is 9.13 Å². The van der Waals surface area contributed by atoms with Crippen LogP contribution >= 0.6 is 0 Å². The van der Waals surface area contributed by atoms with Crippen LogP contribution in [0.5, 0.6) is 5.75 Å². The predicted octanol–water partition coefficient (Wildman–Crippen LogP) is 2.67. The van der Waals surface area contributed by atoms with Gasteiger partial charge in [-0.2, -0.15) is 5.10 Å². The first-order valence-electron chi connectivity index (χ1n) is 5.80. The van der Waals surface area contributed by atoms with Crippen LogP contribution in [0.4, 0.5) is 10.2 Å². The summed E-state index contributed by atoms with van der Waals surface area (Å²) in [6.07, 6.45) is 0. The molecule has 0 radical (unpaired) electrons. The number of nitrogens with one attached hydrogen (secondary N) is 1. The second-order valence-electron chi connectivity index (χ2n) is 3.87. The Bertz CT molecular complexity index is 551. The van der Waals surface area contributed by atoms with Crippen molar-refractivity contribution in [3.63, 3.8) is 0 Å². The Kier molecular flexibility index (Phi) is 3.50. The van der Waals surface area contributed by atoms with Gasteiger partial charge in [-0.15, -0.1) is 0 Å². The highest BCUT2D eigenvalue weighted by atomic mass is 19.1. The van der Waals surface area contributed by atoms with Gasteiger partial charge in [0, 0.05) is 25.7 Å². The maximum Gasteiger partial charge on any atom is 0.165 e. The molecule has 0 spiro atoms. The molecule has 0 unspecified atom stereocenters. The van der Waals surface area contributed by atoms with Crippen LogP contribution in [0.15, 0.2) is 24.3 Å². The zero-order valence-electron chi connectivity index (χ0n) is 10.7. The first kappa shape index (κ1) is 12.4. The Hall–Kier alpha value is -2.04. The van der Waals surface area contributed by atoms with E-state index in [9.17, 15) is 4.39 Å². The quantitative estimate of drug-likeness (QED) is 0.905. The van der Waals surface area contributed by atoms with Crippen molar-refractivity contribution in [2.45, 2.75) is 6.92 Å². The molecule has 2 rings (SSSR count). The normalized spacial score (nSPS) is 10.4. The molecule has 0 aliphatic heterocycles. The molecule has 1 aromatic heterocycles. The molecule has 18 heavy (non-hydrogen) atoms. The van der Waals surface area contributed by atoms with Gasteiger partial charge in [0.1, 0.15) is 5.82 Å². The Balaban J connectivity index is 2.38. The number of ether oxygens (including phenoxy) is 1. The minimum atomic E-state index is -0.360. The molecule has 96 valence electrons. The first-order valence-corrected chi connectivity index (χ1v) is 5.80. The largest absolute Gasteiger partial charge is 0.491 e. The number of nitrogens with zero attached hydrogens (tertiary/aromatic N) is 2. The molecule has 0 bridgehead atoms. The fourth-order valence-corrected chi connectivity index (χ4v) is 1.79. The van der Waals surface area contributed by atoms with E-state index in [1.165, 1.54) is 6.07 Å². The molecule has 0 atom stereocenters. The van der Waals surface area contributed by atoms with Crippen molar-refractivity contribution in [1.29, 1.82) is 0 Å². The summed E-state index contributed by atoms with van der Waals surface area (Å²) in [5, 5.41) is 7.20. The van der Waals surface area contributed by atoms with Gasteiger partial charge in [0.25, 0.3) is 0 Å². The van der Waals surface area contributed by atoms with Gasteiger partial charge >= 0.3 is 0 Å². The molecule has 4 nitrogen and oxygen atoms in total. The summed E-state index contributed by atoms with van der Waals surface area (Å²) >= 11 is 0. The average Bonchev–Trinajstić information content (AvgIpc) is 2.73. The lowest BCUT2D eigenvalue weighted by Crippen LogP contribution is -1.97. The number of hydrogen-bond acceptors (Lipinski definition) is 3. The van der Waals surface area contributed by atoms with Gasteiger partial charge in [0.05, 0.1) is 12.3 Å². The van der Waals surface area contributed by atoms with Crippen LogP contribution in [0.2, 0.25) is 0 Å². The summed E-state index contributed by atoms with van der Waals surface area (Å²) in [4.78, 5) is 0. The molecular formula is C13H16FN3O. The van der Waals surface area contributed by atoms with E-state index in [1.807, 2.05) is 26.1 Å². The van der Waals surface area contributed by atoms with Crippen LogP contribution in [-0.2, 0) is 7.05 Å². The predicted molar refractivity (Wildman–Crippen MR) is 69.3 cm³/mol. The van der Waals surface area contributed by atoms with Gasteiger partial charge in [0.15, 0.2) is 11.6 Å². The fraction of sp³-hybridized carbons (Fsp3) is 0.308. The molecule has 1 heterocycles. The SMILES string of the molecule is CCOc1ccc(-c2cc(NC)nn2C)cc1F. The van der Waals surface area contributed by atoms with Crippen molar-refractivity contribution in [2.24, 2.45) is 7.05 Å². The molecule has 0 amide bonds. The van der Waals surface area contributed by atoms with Crippen molar-refractivity contribution in [3.05, 3.63) is 30.1 Å². The number of hydrogen-bond donors (Lipinski definition) is 1. The van der Waals surface area contributed by atoms with E-state index in [0.29, 0.717) is 6.61 Å². The summed E-state index contributed by atoms with van der Waals surface area (Å²) in [7, 11) is 3.62. The van der Waals surface area contributed by atoms with Crippen LogP contribution in [0.25, 0.3) is 11.3 Å². The summed E-state index contributed by atoms with van der Waals surface area (Å²) < 4.78 is 20.7. The van der Waals surface area contributed by atoms with E-state index in [1.54, 1.807) is 17.8 Å². The van der Waals surface area contributed by atoms with E-state index in [4.69, 9.17) is 4.74 Å². The van der Waals surface area contributed by atoms with E-state index < -0.39 is 0 Å². The van der Waals surface area contributed by atoms with E-state index in [-0.39, 0.29) is 11.6 Å². The highest BCUT2D eigenvalue weighted by Crippen LogP contribution is 2.26. The molecule has 1 N–H and O–H groups in total. The average molecular weight is 249 g/mol. The van der Waals surface area contributed by atoms with E-state index in [0.717, 1.165) is 17.1 Å². The third-order valence-electron chi connectivity index (χ3n) is 2.66. The lowest BCUT2D eigenvalue weighted by atomic mass is 10.1. The van der Waals surface area contributed by atoms with Gasteiger partial charge in [-0.25, -0.2) is 4.39 Å². The maximum atomic E-state index is 13.8. The van der Waals surface area contributed by atoms with Gasteiger partial charge in [-0.1, -0.05) is 0 Å². The zero-order valence-corrected chi connectivity index (χ0v) is 10.7. The van der Waals surface area contributed by atoms with Crippen molar-refractivity contribution >= 4 is 5.82 Å². The first-order chi connectivity index (χ1) is 8.65. The van der Waals surface area contributed by atoms with Crippen LogP contribution in [0, 0.1) is 5.82 Å². The molecule has 1 aromatic carbocycles. The monoisotopic (exact) mass is 249 g/mol. The number of aromatic nitrogens is 2. The van der Waals surface area contributed by atoms with Gasteiger partial charge < -0.3 is 10.1 Å². The summed E-state index contributed by atoms with van der Waals surface area (Å²) in [6, 6.07) is 6.79. The molecule has 0 saturated carbocycles.